The molecule has 0 heterocycles. The molecule has 0 unspecified atom stereocenters. The number of nitrogens with one attached hydrogen (secondary N) is 2. The van der Waals surface area contributed by atoms with Crippen molar-refractivity contribution in [2.45, 2.75) is 58.5 Å². The topological polar surface area (TPSA) is 78.4 Å². The summed E-state index contributed by atoms with van der Waals surface area (Å²) in [7, 11) is 0. The van der Waals surface area contributed by atoms with E-state index in [0.29, 0.717) is 6.42 Å². The van der Waals surface area contributed by atoms with Crippen molar-refractivity contribution in [3.8, 4) is 0 Å². The van der Waals surface area contributed by atoms with Gasteiger partial charge in [0.25, 0.3) is 0 Å². The highest BCUT2D eigenvalue weighted by Crippen LogP contribution is 2.13. The molecule has 0 fully saturated rings. The quantitative estimate of drug-likeness (QED) is 0.650. The first-order valence-corrected chi connectivity index (χ1v) is 5.70. The standard InChI is InChI=1S/C11H22N2O3/c1-5-8(9(14)15)12-10(16)13-11(4,6-2)7-3/h8H,5-7H2,1-4H3,(H,14,15)(H2,12,13,16)/t8-/m1/s1. The lowest BCUT2D eigenvalue weighted by molar-refractivity contribution is -0.139. The Bertz CT molecular complexity index is 250. The summed E-state index contributed by atoms with van der Waals surface area (Å²) in [4.78, 5) is 22.3. The first-order chi connectivity index (χ1) is 7.38. The van der Waals surface area contributed by atoms with Crippen molar-refractivity contribution in [1.29, 1.82) is 0 Å². The normalized spacial score (nSPS) is 13.0. The van der Waals surface area contributed by atoms with Gasteiger partial charge in [-0.3, -0.25) is 0 Å². The third kappa shape index (κ3) is 4.51. The molecule has 0 bridgehead atoms. The van der Waals surface area contributed by atoms with Crippen LogP contribution in [-0.4, -0.2) is 28.7 Å². The van der Waals surface area contributed by atoms with Gasteiger partial charge in [0.15, 0.2) is 0 Å². The van der Waals surface area contributed by atoms with E-state index in [1.54, 1.807) is 6.92 Å². The summed E-state index contributed by atoms with van der Waals surface area (Å²) in [6.45, 7) is 7.63. The Morgan fingerprint density at radius 3 is 2.06 bits per heavy atom. The molecule has 0 spiro atoms. The molecule has 0 radical (unpaired) electrons. The van der Waals surface area contributed by atoms with E-state index in [4.69, 9.17) is 5.11 Å². The number of carboxylic acids is 1. The van der Waals surface area contributed by atoms with Gasteiger partial charge in [0.1, 0.15) is 6.04 Å². The number of carbonyl (C=O) groups excluding carboxylic acids is 1. The van der Waals surface area contributed by atoms with Crippen LogP contribution in [0.15, 0.2) is 0 Å². The van der Waals surface area contributed by atoms with Crippen LogP contribution < -0.4 is 10.6 Å². The molecule has 94 valence electrons. The number of aliphatic carboxylic acids is 1. The number of amides is 2. The van der Waals surface area contributed by atoms with E-state index in [0.717, 1.165) is 12.8 Å². The maximum atomic E-state index is 11.6. The van der Waals surface area contributed by atoms with Crippen molar-refractivity contribution >= 4 is 12.0 Å². The average Bonchev–Trinajstić information content (AvgIpc) is 2.25. The van der Waals surface area contributed by atoms with Crippen molar-refractivity contribution in [3.05, 3.63) is 0 Å². The summed E-state index contributed by atoms with van der Waals surface area (Å²) < 4.78 is 0. The Hall–Kier alpha value is -1.26. The summed E-state index contributed by atoms with van der Waals surface area (Å²) in [6, 6.07) is -1.24. The van der Waals surface area contributed by atoms with E-state index in [-0.39, 0.29) is 5.54 Å². The van der Waals surface area contributed by atoms with Crippen LogP contribution in [0.5, 0.6) is 0 Å². The molecule has 0 aromatic rings. The zero-order valence-corrected chi connectivity index (χ0v) is 10.5. The second kappa shape index (κ2) is 6.35. The maximum absolute atomic E-state index is 11.6. The fraction of sp³-hybridized carbons (Fsp3) is 0.818. The van der Waals surface area contributed by atoms with Crippen molar-refractivity contribution in [2.24, 2.45) is 0 Å². The van der Waals surface area contributed by atoms with E-state index >= 15 is 0 Å². The molecule has 16 heavy (non-hydrogen) atoms. The highest BCUT2D eigenvalue weighted by molar-refractivity contribution is 5.82. The van der Waals surface area contributed by atoms with Gasteiger partial charge in [-0.2, -0.15) is 0 Å². The minimum atomic E-state index is -1.01. The van der Waals surface area contributed by atoms with Gasteiger partial charge in [-0.25, -0.2) is 9.59 Å². The first kappa shape index (κ1) is 14.7. The number of carboxylic acid groups (broad SMARTS) is 1. The van der Waals surface area contributed by atoms with E-state index < -0.39 is 18.0 Å². The lowest BCUT2D eigenvalue weighted by Crippen LogP contribution is -2.53. The smallest absolute Gasteiger partial charge is 0.326 e. The largest absolute Gasteiger partial charge is 0.480 e. The van der Waals surface area contributed by atoms with Crippen molar-refractivity contribution in [1.82, 2.24) is 10.6 Å². The molecule has 0 saturated heterocycles. The molecular formula is C11H22N2O3. The van der Waals surface area contributed by atoms with Gasteiger partial charge in [-0.05, 0) is 26.2 Å². The van der Waals surface area contributed by atoms with Crippen LogP contribution >= 0.6 is 0 Å². The van der Waals surface area contributed by atoms with E-state index in [1.165, 1.54) is 0 Å². The second-order valence-corrected chi connectivity index (χ2v) is 4.17. The van der Waals surface area contributed by atoms with Crippen molar-refractivity contribution in [2.75, 3.05) is 0 Å². The number of urea groups is 1. The Kier molecular flexibility index (Phi) is 5.85. The van der Waals surface area contributed by atoms with Crippen molar-refractivity contribution in [3.63, 3.8) is 0 Å². The van der Waals surface area contributed by atoms with Crippen LogP contribution in [0.25, 0.3) is 0 Å². The average molecular weight is 230 g/mol. The Morgan fingerprint density at radius 1 is 1.25 bits per heavy atom. The van der Waals surface area contributed by atoms with Gasteiger partial charge < -0.3 is 15.7 Å². The maximum Gasteiger partial charge on any atom is 0.326 e. The number of hydrogen-bond donors (Lipinski definition) is 3. The molecule has 0 aliphatic carbocycles. The van der Waals surface area contributed by atoms with E-state index in [2.05, 4.69) is 10.6 Å². The zero-order chi connectivity index (χ0) is 12.8. The van der Waals surface area contributed by atoms with Crippen LogP contribution in [0.4, 0.5) is 4.79 Å². The van der Waals surface area contributed by atoms with Gasteiger partial charge in [-0.1, -0.05) is 20.8 Å². The van der Waals surface area contributed by atoms with Crippen LogP contribution in [0, 0.1) is 0 Å². The fourth-order valence-electron chi connectivity index (χ4n) is 1.23. The van der Waals surface area contributed by atoms with Gasteiger partial charge in [0.05, 0.1) is 0 Å². The summed E-state index contributed by atoms with van der Waals surface area (Å²) in [5.74, 6) is -1.01. The molecule has 0 aromatic carbocycles. The lowest BCUT2D eigenvalue weighted by Gasteiger charge is -2.29. The molecule has 3 N–H and O–H groups in total. The van der Waals surface area contributed by atoms with Gasteiger partial charge in [0.2, 0.25) is 0 Å². The van der Waals surface area contributed by atoms with Gasteiger partial charge in [-0.15, -0.1) is 0 Å². The summed E-state index contributed by atoms with van der Waals surface area (Å²) in [5.41, 5.74) is -0.277. The van der Waals surface area contributed by atoms with E-state index in [9.17, 15) is 9.59 Å². The lowest BCUT2D eigenvalue weighted by atomic mass is 9.96. The number of hydrogen-bond acceptors (Lipinski definition) is 2. The third-order valence-electron chi connectivity index (χ3n) is 2.99. The molecule has 0 aliphatic rings. The molecule has 5 heteroatoms. The van der Waals surface area contributed by atoms with E-state index in [1.807, 2.05) is 20.8 Å². The highest BCUT2D eigenvalue weighted by Gasteiger charge is 2.24. The second-order valence-electron chi connectivity index (χ2n) is 4.17. The third-order valence-corrected chi connectivity index (χ3v) is 2.99. The van der Waals surface area contributed by atoms with Crippen LogP contribution in [0.2, 0.25) is 0 Å². The van der Waals surface area contributed by atoms with Crippen LogP contribution in [0.1, 0.15) is 47.0 Å². The predicted octanol–water partition coefficient (Wildman–Crippen LogP) is 1.73. The first-order valence-electron chi connectivity index (χ1n) is 5.70. The SMILES string of the molecule is CC[C@@H](NC(=O)NC(C)(CC)CC)C(=O)O. The van der Waals surface area contributed by atoms with Crippen molar-refractivity contribution < 1.29 is 14.7 Å². The minimum absolute atomic E-state index is 0.277. The zero-order valence-electron chi connectivity index (χ0n) is 10.5. The van der Waals surface area contributed by atoms with Gasteiger partial charge >= 0.3 is 12.0 Å². The molecule has 0 aliphatic heterocycles. The predicted molar refractivity (Wildman–Crippen MR) is 62.4 cm³/mol. The number of rotatable bonds is 6. The molecule has 0 saturated carbocycles. The molecule has 0 aromatic heterocycles. The minimum Gasteiger partial charge on any atom is -0.480 e. The summed E-state index contributed by atoms with van der Waals surface area (Å²) in [5, 5.41) is 14.0. The Labute approximate surface area is 96.6 Å². The molecular weight excluding hydrogens is 208 g/mol. The molecule has 2 amide bonds. The molecule has 1 atom stereocenters. The number of carbonyl (C=O) groups is 2. The summed E-state index contributed by atoms with van der Waals surface area (Å²) in [6.07, 6.45) is 1.99. The summed E-state index contributed by atoms with van der Waals surface area (Å²) >= 11 is 0. The molecule has 0 rings (SSSR count). The monoisotopic (exact) mass is 230 g/mol. The van der Waals surface area contributed by atoms with Crippen LogP contribution in [-0.2, 0) is 4.79 Å². The van der Waals surface area contributed by atoms with Gasteiger partial charge in [0, 0.05) is 5.54 Å². The fourth-order valence-corrected chi connectivity index (χ4v) is 1.23. The van der Waals surface area contributed by atoms with Crippen LogP contribution in [0.3, 0.4) is 0 Å². The Morgan fingerprint density at radius 2 is 1.75 bits per heavy atom. The Balaban J connectivity index is 4.31. The molecule has 5 nitrogen and oxygen atoms in total. The highest BCUT2D eigenvalue weighted by atomic mass is 16.4.